The number of pyridine rings is 1. The molecule has 114 valence electrons. The maximum absolute atomic E-state index is 4.67. The Balaban J connectivity index is 2.87. The van der Waals surface area contributed by atoms with E-state index < -0.39 is 0 Å². The molecule has 1 atom stereocenters. The van der Waals surface area contributed by atoms with Crippen LogP contribution in [0.4, 0.5) is 5.69 Å². The fourth-order valence-corrected chi connectivity index (χ4v) is 2.49. The van der Waals surface area contributed by atoms with Crippen molar-refractivity contribution in [1.82, 2.24) is 10.3 Å². The Labute approximate surface area is 124 Å². The van der Waals surface area contributed by atoms with Crippen molar-refractivity contribution in [3.8, 4) is 0 Å². The van der Waals surface area contributed by atoms with Gasteiger partial charge in [-0.1, -0.05) is 27.7 Å². The Morgan fingerprint density at radius 3 is 2.25 bits per heavy atom. The smallest absolute Gasteiger partial charge is 0.0574 e. The third-order valence-electron chi connectivity index (χ3n) is 3.50. The van der Waals surface area contributed by atoms with Crippen molar-refractivity contribution in [2.75, 3.05) is 18.0 Å². The SMILES string of the molecule is CCNC(CC)c1ccc(N(CC(C)C)C(C)C)cn1. The quantitative estimate of drug-likeness (QED) is 0.778. The Hall–Kier alpha value is -1.09. The van der Waals surface area contributed by atoms with Crippen molar-refractivity contribution in [1.29, 1.82) is 0 Å². The van der Waals surface area contributed by atoms with Gasteiger partial charge in [-0.25, -0.2) is 0 Å². The molecule has 1 aromatic rings. The van der Waals surface area contributed by atoms with Crippen LogP contribution >= 0.6 is 0 Å². The second kappa shape index (κ2) is 8.25. The summed E-state index contributed by atoms with van der Waals surface area (Å²) in [6, 6.07) is 5.25. The second-order valence-corrected chi connectivity index (χ2v) is 6.10. The Morgan fingerprint density at radius 2 is 1.85 bits per heavy atom. The highest BCUT2D eigenvalue weighted by molar-refractivity contribution is 5.45. The van der Waals surface area contributed by atoms with Gasteiger partial charge in [-0.2, -0.15) is 0 Å². The normalized spacial score (nSPS) is 13.0. The molecule has 1 aromatic heterocycles. The zero-order valence-electron chi connectivity index (χ0n) is 14.0. The summed E-state index contributed by atoms with van der Waals surface area (Å²) in [6.45, 7) is 15.4. The van der Waals surface area contributed by atoms with Gasteiger partial charge in [0.25, 0.3) is 0 Å². The molecule has 3 nitrogen and oxygen atoms in total. The monoisotopic (exact) mass is 277 g/mol. The summed E-state index contributed by atoms with van der Waals surface area (Å²) >= 11 is 0. The van der Waals surface area contributed by atoms with E-state index >= 15 is 0 Å². The van der Waals surface area contributed by atoms with E-state index in [4.69, 9.17) is 0 Å². The molecule has 0 spiro atoms. The molecule has 0 amide bonds. The minimum atomic E-state index is 0.367. The molecule has 3 heteroatoms. The molecule has 0 aromatic carbocycles. The van der Waals surface area contributed by atoms with Crippen LogP contribution in [0.25, 0.3) is 0 Å². The summed E-state index contributed by atoms with van der Waals surface area (Å²) < 4.78 is 0. The molecule has 0 radical (unpaired) electrons. The molecule has 0 aliphatic rings. The summed E-state index contributed by atoms with van der Waals surface area (Å²) in [6.07, 6.45) is 3.10. The first-order valence-electron chi connectivity index (χ1n) is 7.95. The number of anilines is 1. The maximum atomic E-state index is 4.67. The van der Waals surface area contributed by atoms with Gasteiger partial charge in [0, 0.05) is 18.6 Å². The zero-order chi connectivity index (χ0) is 15.1. The molecule has 0 aliphatic heterocycles. The lowest BCUT2D eigenvalue weighted by Crippen LogP contribution is -2.34. The highest BCUT2D eigenvalue weighted by atomic mass is 15.2. The number of rotatable bonds is 8. The topological polar surface area (TPSA) is 28.2 Å². The maximum Gasteiger partial charge on any atom is 0.0574 e. The van der Waals surface area contributed by atoms with Gasteiger partial charge in [-0.05, 0) is 44.9 Å². The van der Waals surface area contributed by atoms with Crippen LogP contribution in [-0.2, 0) is 0 Å². The van der Waals surface area contributed by atoms with E-state index in [-0.39, 0.29) is 0 Å². The Bertz CT molecular complexity index is 370. The second-order valence-electron chi connectivity index (χ2n) is 6.10. The van der Waals surface area contributed by atoms with Crippen LogP contribution in [0.5, 0.6) is 0 Å². The van der Waals surface area contributed by atoms with E-state index in [1.165, 1.54) is 5.69 Å². The summed E-state index contributed by atoms with van der Waals surface area (Å²) in [7, 11) is 0. The van der Waals surface area contributed by atoms with Gasteiger partial charge in [-0.15, -0.1) is 0 Å². The molecule has 0 saturated heterocycles. The molecule has 0 saturated carbocycles. The molecule has 1 unspecified atom stereocenters. The van der Waals surface area contributed by atoms with E-state index in [0.29, 0.717) is 18.0 Å². The van der Waals surface area contributed by atoms with Gasteiger partial charge in [0.1, 0.15) is 0 Å². The lowest BCUT2D eigenvalue weighted by molar-refractivity contribution is 0.524. The Kier molecular flexibility index (Phi) is 7.00. The van der Waals surface area contributed by atoms with Gasteiger partial charge < -0.3 is 10.2 Å². The first kappa shape index (κ1) is 17.0. The van der Waals surface area contributed by atoms with Crippen molar-refractivity contribution in [2.24, 2.45) is 5.92 Å². The minimum Gasteiger partial charge on any atom is -0.368 e. The average Bonchev–Trinajstić information content (AvgIpc) is 2.42. The van der Waals surface area contributed by atoms with Gasteiger partial charge in [0.05, 0.1) is 17.6 Å². The van der Waals surface area contributed by atoms with Crippen LogP contribution in [-0.4, -0.2) is 24.1 Å². The van der Waals surface area contributed by atoms with E-state index in [1.54, 1.807) is 0 Å². The third kappa shape index (κ3) is 4.78. The fourth-order valence-electron chi connectivity index (χ4n) is 2.49. The van der Waals surface area contributed by atoms with Gasteiger partial charge in [0.15, 0.2) is 0 Å². The molecule has 0 fully saturated rings. The van der Waals surface area contributed by atoms with Gasteiger partial charge in [0.2, 0.25) is 0 Å². The first-order valence-corrected chi connectivity index (χ1v) is 7.95. The Morgan fingerprint density at radius 1 is 1.15 bits per heavy atom. The lowest BCUT2D eigenvalue weighted by Gasteiger charge is -2.30. The van der Waals surface area contributed by atoms with Crippen molar-refractivity contribution in [3.63, 3.8) is 0 Å². The first-order chi connectivity index (χ1) is 9.49. The molecule has 1 N–H and O–H groups in total. The zero-order valence-corrected chi connectivity index (χ0v) is 14.0. The molecule has 0 aliphatic carbocycles. The van der Waals surface area contributed by atoms with Crippen molar-refractivity contribution in [3.05, 3.63) is 24.0 Å². The fraction of sp³-hybridized carbons (Fsp3) is 0.706. The van der Waals surface area contributed by atoms with Crippen LogP contribution < -0.4 is 10.2 Å². The number of nitrogens with one attached hydrogen (secondary N) is 1. The molecule has 0 bridgehead atoms. The van der Waals surface area contributed by atoms with Gasteiger partial charge >= 0.3 is 0 Å². The molecule has 20 heavy (non-hydrogen) atoms. The predicted octanol–water partition coefficient (Wildman–Crippen LogP) is 4.01. The summed E-state index contributed by atoms with van der Waals surface area (Å²) in [4.78, 5) is 7.10. The number of hydrogen-bond acceptors (Lipinski definition) is 3. The van der Waals surface area contributed by atoms with Crippen LogP contribution in [0.15, 0.2) is 18.3 Å². The van der Waals surface area contributed by atoms with E-state index in [2.05, 4.69) is 68.9 Å². The number of nitrogens with zero attached hydrogens (tertiary/aromatic N) is 2. The average molecular weight is 277 g/mol. The summed E-state index contributed by atoms with van der Waals surface area (Å²) in [5.74, 6) is 0.655. The number of hydrogen-bond donors (Lipinski definition) is 1. The lowest BCUT2D eigenvalue weighted by atomic mass is 10.1. The van der Waals surface area contributed by atoms with E-state index in [1.807, 2.05) is 6.20 Å². The molecule has 1 rings (SSSR count). The standard InChI is InChI=1S/C17H31N3/c1-7-16(18-8-2)17-10-9-15(11-19-17)20(14(5)6)12-13(3)4/h9-11,13-14,16,18H,7-8,12H2,1-6H3. The summed E-state index contributed by atoms with van der Waals surface area (Å²) in [5.41, 5.74) is 2.37. The van der Waals surface area contributed by atoms with Crippen LogP contribution in [0.1, 0.15) is 59.7 Å². The van der Waals surface area contributed by atoms with Crippen LogP contribution in [0.3, 0.4) is 0 Å². The van der Waals surface area contributed by atoms with E-state index in [9.17, 15) is 0 Å². The van der Waals surface area contributed by atoms with Gasteiger partial charge in [-0.3, -0.25) is 4.98 Å². The number of aromatic nitrogens is 1. The van der Waals surface area contributed by atoms with Crippen LogP contribution in [0, 0.1) is 5.92 Å². The molecular formula is C17H31N3. The van der Waals surface area contributed by atoms with Crippen molar-refractivity contribution >= 4 is 5.69 Å². The minimum absolute atomic E-state index is 0.367. The largest absolute Gasteiger partial charge is 0.368 e. The van der Waals surface area contributed by atoms with Crippen molar-refractivity contribution in [2.45, 2.75) is 60.0 Å². The predicted molar refractivity (Wildman–Crippen MR) is 88.3 cm³/mol. The highest BCUT2D eigenvalue weighted by Crippen LogP contribution is 2.21. The van der Waals surface area contributed by atoms with Crippen LogP contribution in [0.2, 0.25) is 0 Å². The van der Waals surface area contributed by atoms with E-state index in [0.717, 1.165) is 25.2 Å². The molecule has 1 heterocycles. The van der Waals surface area contributed by atoms with Crippen molar-refractivity contribution < 1.29 is 0 Å². The third-order valence-corrected chi connectivity index (χ3v) is 3.50. The summed E-state index contributed by atoms with van der Waals surface area (Å²) in [5, 5.41) is 3.48. The molecular weight excluding hydrogens is 246 g/mol. The highest BCUT2D eigenvalue weighted by Gasteiger charge is 2.14.